The number of fused-ring (bicyclic) bond motifs is 2. The molecule has 0 aromatic carbocycles. The molecule has 0 N–H and O–H groups in total. The fourth-order valence-corrected chi connectivity index (χ4v) is 3.12. The molecule has 2 saturated carbocycles. The van der Waals surface area contributed by atoms with Gasteiger partial charge in [-0.3, -0.25) is 9.59 Å². The van der Waals surface area contributed by atoms with Gasteiger partial charge in [-0.2, -0.15) is 0 Å². The topological polar surface area (TPSA) is 52.6 Å². The number of hydrogen-bond donors (Lipinski definition) is 0. The smallest absolute Gasteiger partial charge is 0.302 e. The van der Waals surface area contributed by atoms with E-state index in [0.717, 1.165) is 25.7 Å². The molecule has 0 spiro atoms. The Morgan fingerprint density at radius 1 is 0.938 bits per heavy atom. The number of rotatable bonds is 2. The van der Waals surface area contributed by atoms with Gasteiger partial charge in [-0.15, -0.1) is 0 Å². The van der Waals surface area contributed by atoms with E-state index in [2.05, 4.69) is 0 Å². The molecule has 16 heavy (non-hydrogen) atoms. The van der Waals surface area contributed by atoms with E-state index in [0.29, 0.717) is 5.92 Å². The van der Waals surface area contributed by atoms with E-state index in [1.807, 2.05) is 0 Å². The van der Waals surface area contributed by atoms with Gasteiger partial charge in [0.2, 0.25) is 0 Å². The Morgan fingerprint density at radius 2 is 1.56 bits per heavy atom. The van der Waals surface area contributed by atoms with Crippen LogP contribution in [0.5, 0.6) is 0 Å². The SMILES string of the molecule is CC(=O)O[C@H]1[C@H]2CC[C@@H]1[C@@H](OC(C)=O)CC2. The number of carbonyl (C=O) groups is 2. The lowest BCUT2D eigenvalue weighted by atomic mass is 9.84. The van der Waals surface area contributed by atoms with Crippen LogP contribution in [-0.4, -0.2) is 24.1 Å². The lowest BCUT2D eigenvalue weighted by Gasteiger charge is -2.35. The van der Waals surface area contributed by atoms with E-state index in [1.54, 1.807) is 0 Å². The first kappa shape index (κ1) is 11.4. The normalized spacial score (nSPS) is 36.9. The molecule has 2 bridgehead atoms. The van der Waals surface area contributed by atoms with Crippen LogP contribution in [-0.2, 0) is 19.1 Å². The van der Waals surface area contributed by atoms with Crippen LogP contribution in [0.3, 0.4) is 0 Å². The number of carbonyl (C=O) groups excluding carboxylic acids is 2. The van der Waals surface area contributed by atoms with Crippen LogP contribution < -0.4 is 0 Å². The second kappa shape index (κ2) is 4.44. The van der Waals surface area contributed by atoms with Crippen LogP contribution in [0.4, 0.5) is 0 Å². The van der Waals surface area contributed by atoms with E-state index in [9.17, 15) is 9.59 Å². The zero-order chi connectivity index (χ0) is 11.7. The Kier molecular flexibility index (Phi) is 3.17. The predicted molar refractivity (Wildman–Crippen MR) is 56.6 cm³/mol. The van der Waals surface area contributed by atoms with Crippen LogP contribution in [0.25, 0.3) is 0 Å². The molecule has 0 unspecified atom stereocenters. The fraction of sp³-hybridized carbons (Fsp3) is 0.833. The zero-order valence-electron chi connectivity index (χ0n) is 9.77. The monoisotopic (exact) mass is 226 g/mol. The molecule has 2 aliphatic rings. The van der Waals surface area contributed by atoms with Crippen molar-refractivity contribution in [1.29, 1.82) is 0 Å². The highest BCUT2D eigenvalue weighted by Crippen LogP contribution is 2.45. The van der Waals surface area contributed by atoms with Crippen molar-refractivity contribution in [3.05, 3.63) is 0 Å². The Morgan fingerprint density at radius 3 is 2.19 bits per heavy atom. The first-order valence-corrected chi connectivity index (χ1v) is 5.92. The summed E-state index contributed by atoms with van der Waals surface area (Å²) < 4.78 is 10.7. The van der Waals surface area contributed by atoms with Crippen molar-refractivity contribution >= 4 is 11.9 Å². The van der Waals surface area contributed by atoms with Gasteiger partial charge in [0, 0.05) is 19.8 Å². The number of ether oxygens (including phenoxy) is 2. The highest BCUT2D eigenvalue weighted by Gasteiger charge is 2.47. The Bertz CT molecular complexity index is 299. The average Bonchev–Trinajstić information content (AvgIpc) is 2.41. The Labute approximate surface area is 95.3 Å². The van der Waals surface area contributed by atoms with E-state index >= 15 is 0 Å². The second-order valence-corrected chi connectivity index (χ2v) is 4.80. The standard InChI is InChI=1S/C12H18O4/c1-7(13)15-11-6-4-9-3-5-10(11)12(9)16-8(2)14/h9-12H,3-6H2,1-2H3/t9-,10+,11-,12-/m0/s1. The lowest BCUT2D eigenvalue weighted by Crippen LogP contribution is -2.40. The summed E-state index contributed by atoms with van der Waals surface area (Å²) in [6, 6.07) is 0. The first-order chi connectivity index (χ1) is 7.58. The highest BCUT2D eigenvalue weighted by molar-refractivity contribution is 5.67. The van der Waals surface area contributed by atoms with Gasteiger partial charge in [-0.1, -0.05) is 0 Å². The van der Waals surface area contributed by atoms with E-state index < -0.39 is 0 Å². The molecule has 0 amide bonds. The van der Waals surface area contributed by atoms with Crippen LogP contribution in [0.1, 0.15) is 39.5 Å². The summed E-state index contributed by atoms with van der Waals surface area (Å²) in [7, 11) is 0. The molecule has 0 heterocycles. The quantitative estimate of drug-likeness (QED) is 0.672. The summed E-state index contributed by atoms with van der Waals surface area (Å²) in [6.07, 6.45) is 3.90. The van der Waals surface area contributed by atoms with Crippen LogP contribution >= 0.6 is 0 Å². The van der Waals surface area contributed by atoms with Gasteiger partial charge in [0.1, 0.15) is 12.2 Å². The van der Waals surface area contributed by atoms with Crippen molar-refractivity contribution < 1.29 is 19.1 Å². The molecule has 4 heteroatoms. The molecular weight excluding hydrogens is 208 g/mol. The molecule has 4 nitrogen and oxygen atoms in total. The molecule has 2 fully saturated rings. The summed E-state index contributed by atoms with van der Waals surface area (Å²) in [5.41, 5.74) is 0. The largest absolute Gasteiger partial charge is 0.462 e. The summed E-state index contributed by atoms with van der Waals surface area (Å²) in [5, 5.41) is 0. The third-order valence-corrected chi connectivity index (χ3v) is 3.68. The molecule has 0 aromatic heterocycles. The molecule has 0 saturated heterocycles. The first-order valence-electron chi connectivity index (χ1n) is 5.92. The number of esters is 2. The highest BCUT2D eigenvalue weighted by atomic mass is 16.6. The van der Waals surface area contributed by atoms with Crippen molar-refractivity contribution in [2.75, 3.05) is 0 Å². The summed E-state index contributed by atoms with van der Waals surface area (Å²) in [6.45, 7) is 2.87. The average molecular weight is 226 g/mol. The van der Waals surface area contributed by atoms with Crippen molar-refractivity contribution in [2.24, 2.45) is 11.8 Å². The molecule has 0 radical (unpaired) electrons. The zero-order valence-corrected chi connectivity index (χ0v) is 9.77. The van der Waals surface area contributed by atoms with Crippen molar-refractivity contribution in [3.8, 4) is 0 Å². The Balaban J connectivity index is 2.04. The number of hydrogen-bond acceptors (Lipinski definition) is 4. The van der Waals surface area contributed by atoms with Crippen LogP contribution in [0.15, 0.2) is 0 Å². The molecule has 90 valence electrons. The van der Waals surface area contributed by atoms with Gasteiger partial charge >= 0.3 is 11.9 Å². The van der Waals surface area contributed by atoms with Gasteiger partial charge in [0.05, 0.1) is 0 Å². The summed E-state index contributed by atoms with van der Waals surface area (Å²) >= 11 is 0. The van der Waals surface area contributed by atoms with Gasteiger partial charge < -0.3 is 9.47 Å². The predicted octanol–water partition coefficient (Wildman–Crippen LogP) is 1.67. The fourth-order valence-electron chi connectivity index (χ4n) is 3.12. The molecule has 4 atom stereocenters. The van der Waals surface area contributed by atoms with E-state index in [-0.39, 0.29) is 30.1 Å². The third-order valence-electron chi connectivity index (χ3n) is 3.68. The maximum atomic E-state index is 11.0. The van der Waals surface area contributed by atoms with Gasteiger partial charge in [-0.25, -0.2) is 0 Å². The third kappa shape index (κ3) is 2.20. The minimum absolute atomic E-state index is 0.0319. The van der Waals surface area contributed by atoms with Crippen LogP contribution in [0.2, 0.25) is 0 Å². The second-order valence-electron chi connectivity index (χ2n) is 4.80. The minimum Gasteiger partial charge on any atom is -0.462 e. The van der Waals surface area contributed by atoms with Gasteiger partial charge in [0.15, 0.2) is 0 Å². The minimum atomic E-state index is -0.239. The van der Waals surface area contributed by atoms with E-state index in [1.165, 1.54) is 13.8 Å². The maximum Gasteiger partial charge on any atom is 0.302 e. The molecule has 2 aliphatic carbocycles. The summed E-state index contributed by atoms with van der Waals surface area (Å²) in [5.74, 6) is 0.217. The van der Waals surface area contributed by atoms with Gasteiger partial charge in [-0.05, 0) is 31.6 Å². The van der Waals surface area contributed by atoms with Crippen molar-refractivity contribution in [1.82, 2.24) is 0 Å². The molecule has 0 aliphatic heterocycles. The molecular formula is C12H18O4. The van der Waals surface area contributed by atoms with E-state index in [4.69, 9.17) is 9.47 Å². The Hall–Kier alpha value is -1.06. The van der Waals surface area contributed by atoms with Gasteiger partial charge in [0.25, 0.3) is 0 Å². The summed E-state index contributed by atoms with van der Waals surface area (Å²) in [4.78, 5) is 22.0. The molecule has 0 aromatic rings. The van der Waals surface area contributed by atoms with Crippen molar-refractivity contribution in [3.63, 3.8) is 0 Å². The lowest BCUT2D eigenvalue weighted by molar-refractivity contribution is -0.164. The van der Waals surface area contributed by atoms with Crippen LogP contribution in [0, 0.1) is 11.8 Å². The maximum absolute atomic E-state index is 11.0. The molecule has 2 rings (SSSR count). The van der Waals surface area contributed by atoms with Crippen molar-refractivity contribution in [2.45, 2.75) is 51.7 Å².